The molecular formula is C31H19N3O4S. The molecule has 0 unspecified atom stereocenters. The topological polar surface area (TPSA) is 106 Å². The van der Waals surface area contributed by atoms with E-state index in [4.69, 9.17) is 4.63 Å². The summed E-state index contributed by atoms with van der Waals surface area (Å²) in [6.07, 6.45) is 1.63. The summed E-state index contributed by atoms with van der Waals surface area (Å²) in [4.78, 5) is 4.51. The molecule has 2 aromatic heterocycles. The van der Waals surface area contributed by atoms with Crippen LogP contribution in [0.4, 0.5) is 0 Å². The van der Waals surface area contributed by atoms with Crippen LogP contribution < -0.4 is 0 Å². The van der Waals surface area contributed by atoms with E-state index in [-0.39, 0.29) is 16.8 Å². The molecule has 0 saturated carbocycles. The minimum atomic E-state index is -4.74. The zero-order chi connectivity index (χ0) is 26.3. The zero-order valence-electron chi connectivity index (χ0n) is 20.4. The van der Waals surface area contributed by atoms with E-state index in [0.29, 0.717) is 16.6 Å². The van der Waals surface area contributed by atoms with Crippen LogP contribution in [-0.2, 0) is 23.0 Å². The fraction of sp³-hybridized carbons (Fsp3) is 0.0645. The van der Waals surface area contributed by atoms with Crippen LogP contribution in [0.15, 0.2) is 94.6 Å². The fourth-order valence-corrected chi connectivity index (χ4v) is 6.70. The van der Waals surface area contributed by atoms with Gasteiger partial charge in [-0.05, 0) is 85.4 Å². The predicted molar refractivity (Wildman–Crippen MR) is 147 cm³/mol. The first kappa shape index (κ1) is 22.3. The zero-order valence-corrected chi connectivity index (χ0v) is 21.2. The van der Waals surface area contributed by atoms with Gasteiger partial charge in [-0.3, -0.25) is 4.55 Å². The first-order valence-corrected chi connectivity index (χ1v) is 14.0. The molecule has 0 saturated heterocycles. The van der Waals surface area contributed by atoms with Crippen molar-refractivity contribution >= 4 is 21.2 Å². The molecule has 0 bridgehead atoms. The lowest BCUT2D eigenvalue weighted by Gasteiger charge is -2.12. The van der Waals surface area contributed by atoms with Crippen LogP contribution in [0.5, 0.6) is 0 Å². The van der Waals surface area contributed by atoms with Gasteiger partial charge in [0.2, 0.25) is 0 Å². The quantitative estimate of drug-likeness (QED) is 0.266. The van der Waals surface area contributed by atoms with E-state index in [0.717, 1.165) is 40.7 Å². The van der Waals surface area contributed by atoms with Crippen LogP contribution in [0, 0.1) is 0 Å². The van der Waals surface area contributed by atoms with Crippen LogP contribution >= 0.6 is 0 Å². The molecule has 8 heteroatoms. The van der Waals surface area contributed by atoms with Gasteiger partial charge in [0, 0.05) is 5.56 Å². The monoisotopic (exact) mass is 529 g/mol. The Bertz CT molecular complexity index is 2110. The molecule has 2 heterocycles. The van der Waals surface area contributed by atoms with Gasteiger partial charge in [0.1, 0.15) is 11.2 Å². The van der Waals surface area contributed by atoms with E-state index in [1.54, 1.807) is 0 Å². The molecule has 7 nitrogen and oxygen atoms in total. The number of hydrogen-bond donors (Lipinski definition) is 1. The van der Waals surface area contributed by atoms with E-state index in [9.17, 15) is 13.0 Å². The highest BCUT2D eigenvalue weighted by atomic mass is 32.2. The van der Waals surface area contributed by atoms with Gasteiger partial charge >= 0.3 is 10.1 Å². The summed E-state index contributed by atoms with van der Waals surface area (Å²) in [6.45, 7) is 0. The third-order valence-corrected chi connectivity index (χ3v) is 8.56. The number of fused-ring (bicyclic) bond motifs is 7. The van der Waals surface area contributed by atoms with Crippen LogP contribution in [0.2, 0.25) is 0 Å². The van der Waals surface area contributed by atoms with Gasteiger partial charge in [0.15, 0.2) is 10.5 Å². The summed E-state index contributed by atoms with van der Waals surface area (Å²) in [6, 6.07) is 27.9. The first-order chi connectivity index (χ1) is 19.0. The van der Waals surface area contributed by atoms with Crippen LogP contribution in [0.3, 0.4) is 0 Å². The molecule has 8 rings (SSSR count). The molecule has 0 aliphatic heterocycles. The van der Waals surface area contributed by atoms with Crippen molar-refractivity contribution in [3.05, 3.63) is 107 Å². The van der Waals surface area contributed by atoms with E-state index in [1.165, 1.54) is 16.7 Å². The van der Waals surface area contributed by atoms with Crippen molar-refractivity contribution in [1.29, 1.82) is 0 Å². The van der Waals surface area contributed by atoms with Crippen molar-refractivity contribution in [2.75, 3.05) is 0 Å². The van der Waals surface area contributed by atoms with E-state index >= 15 is 0 Å². The summed E-state index contributed by atoms with van der Waals surface area (Å²) in [7, 11) is -4.74. The Morgan fingerprint density at radius 1 is 0.641 bits per heavy atom. The van der Waals surface area contributed by atoms with Gasteiger partial charge in [-0.1, -0.05) is 72.8 Å². The Balaban J connectivity index is 1.36. The van der Waals surface area contributed by atoms with Crippen molar-refractivity contribution in [1.82, 2.24) is 15.3 Å². The summed E-state index contributed by atoms with van der Waals surface area (Å²) >= 11 is 0. The predicted octanol–water partition coefficient (Wildman–Crippen LogP) is 6.34. The van der Waals surface area contributed by atoms with Gasteiger partial charge in [-0.25, -0.2) is 9.61 Å². The van der Waals surface area contributed by atoms with Crippen molar-refractivity contribution in [2.45, 2.75) is 17.9 Å². The fourth-order valence-electron chi connectivity index (χ4n) is 6.02. The molecule has 0 fully saturated rings. The van der Waals surface area contributed by atoms with Crippen LogP contribution in [0.25, 0.3) is 55.7 Å². The minimum absolute atomic E-state index is 0.163. The Labute approximate surface area is 223 Å². The number of aromatic nitrogens is 3. The molecule has 6 aromatic rings. The van der Waals surface area contributed by atoms with Crippen molar-refractivity contribution in [2.24, 2.45) is 0 Å². The maximum Gasteiger partial charge on any atom is 0.312 e. The average Bonchev–Trinajstić information content (AvgIpc) is 3.66. The summed E-state index contributed by atoms with van der Waals surface area (Å²) in [5, 5.41) is 7.75. The molecular weight excluding hydrogens is 510 g/mol. The van der Waals surface area contributed by atoms with Crippen molar-refractivity contribution in [3.63, 3.8) is 0 Å². The molecule has 2 aliphatic carbocycles. The Kier molecular flexibility index (Phi) is 4.54. The summed E-state index contributed by atoms with van der Waals surface area (Å²) < 4.78 is 41.1. The second-order valence-electron chi connectivity index (χ2n) is 9.99. The Morgan fingerprint density at radius 2 is 1.18 bits per heavy atom. The van der Waals surface area contributed by atoms with Crippen LogP contribution in [0.1, 0.15) is 22.3 Å². The lowest BCUT2D eigenvalue weighted by Crippen LogP contribution is -2.06. The maximum atomic E-state index is 12.8. The lowest BCUT2D eigenvalue weighted by atomic mass is 9.97. The molecule has 0 spiro atoms. The van der Waals surface area contributed by atoms with E-state index in [1.807, 2.05) is 60.7 Å². The normalized spacial score (nSPS) is 13.3. The minimum Gasteiger partial charge on any atom is -0.281 e. The SMILES string of the molecule is O=S(=O)(O)c1nc(-c2ccc3c(c2)-c2ccccc2C3)c2nonc2c1-c1ccc2c(c1)-c1ccccc1C2. The highest BCUT2D eigenvalue weighted by Gasteiger charge is 2.29. The third-order valence-electron chi connectivity index (χ3n) is 7.78. The van der Waals surface area contributed by atoms with Gasteiger partial charge in [-0.2, -0.15) is 8.42 Å². The second-order valence-corrected chi connectivity index (χ2v) is 11.3. The van der Waals surface area contributed by atoms with Gasteiger partial charge in [0.25, 0.3) is 0 Å². The number of rotatable bonds is 3. The van der Waals surface area contributed by atoms with E-state index in [2.05, 4.69) is 39.6 Å². The van der Waals surface area contributed by atoms with Gasteiger partial charge in [0.05, 0.1) is 5.56 Å². The number of pyridine rings is 1. The number of nitrogens with zero attached hydrogens (tertiary/aromatic N) is 3. The Hall–Kier alpha value is -4.66. The molecule has 1 N–H and O–H groups in total. The summed E-state index contributed by atoms with van der Waals surface area (Å²) in [5.74, 6) is 0. The third kappa shape index (κ3) is 3.32. The molecule has 2 aliphatic rings. The maximum absolute atomic E-state index is 12.8. The molecule has 39 heavy (non-hydrogen) atoms. The largest absolute Gasteiger partial charge is 0.312 e. The average molecular weight is 530 g/mol. The first-order valence-electron chi connectivity index (χ1n) is 12.5. The number of benzene rings is 4. The molecule has 0 radical (unpaired) electrons. The molecule has 4 aromatic carbocycles. The highest BCUT2D eigenvalue weighted by molar-refractivity contribution is 7.85. The standard InChI is InChI=1S/C31H19N3O4S/c35-39(36,37)31-27(21-11-9-19-13-17-5-1-3-7-23(17)25(19)15-21)29-30(34-38-33-29)28(32-31)22-12-10-20-14-18-6-2-4-8-24(18)26(20)16-22/h1-12,15-16H,13-14H2,(H,35,36,37). The molecule has 0 atom stereocenters. The smallest absolute Gasteiger partial charge is 0.281 e. The second kappa shape index (κ2) is 7.92. The van der Waals surface area contributed by atoms with Gasteiger partial charge in [-0.15, -0.1) is 0 Å². The Morgan fingerprint density at radius 3 is 1.82 bits per heavy atom. The van der Waals surface area contributed by atoms with Crippen LogP contribution in [-0.4, -0.2) is 28.3 Å². The van der Waals surface area contributed by atoms with Crippen molar-refractivity contribution in [3.8, 4) is 44.6 Å². The van der Waals surface area contributed by atoms with Gasteiger partial charge < -0.3 is 0 Å². The van der Waals surface area contributed by atoms with Crippen molar-refractivity contribution < 1.29 is 17.6 Å². The number of hydrogen-bond acceptors (Lipinski definition) is 6. The van der Waals surface area contributed by atoms with E-state index < -0.39 is 15.1 Å². The summed E-state index contributed by atoms with van der Waals surface area (Å²) in [5.41, 5.74) is 11.3. The molecule has 188 valence electrons. The lowest BCUT2D eigenvalue weighted by molar-refractivity contribution is 0.315. The highest BCUT2D eigenvalue weighted by Crippen LogP contribution is 2.44. The molecule has 0 amide bonds.